The van der Waals surface area contributed by atoms with E-state index in [0.717, 1.165) is 0 Å². The Morgan fingerprint density at radius 1 is 0.833 bits per heavy atom. The van der Waals surface area contributed by atoms with E-state index in [2.05, 4.69) is 10.6 Å². The van der Waals surface area contributed by atoms with E-state index in [1.807, 2.05) is 27.7 Å². The highest BCUT2D eigenvalue weighted by Crippen LogP contribution is 1.98. The van der Waals surface area contributed by atoms with Crippen LogP contribution < -0.4 is 10.6 Å². The van der Waals surface area contributed by atoms with Gasteiger partial charge in [-0.2, -0.15) is 0 Å². The van der Waals surface area contributed by atoms with Crippen molar-refractivity contribution < 1.29 is 22.1 Å². The minimum atomic E-state index is -2.53. The standard InChI is InChI=1S/C11H21F4N3/c1-7(2)18(8(3)4)11(16-5-9(12)13)17-6-10(14)15/h7-10H,5-6H2,1-4H3,(H,16,17)/p+1. The lowest BCUT2D eigenvalue weighted by Gasteiger charge is -2.21. The molecule has 0 aliphatic heterocycles. The van der Waals surface area contributed by atoms with Gasteiger partial charge in [0.2, 0.25) is 0 Å². The Morgan fingerprint density at radius 3 is 1.39 bits per heavy atom. The second-order valence-electron chi connectivity index (χ2n) is 4.49. The largest absolute Gasteiger partial charge is 0.346 e. The first-order valence-electron chi connectivity index (χ1n) is 5.95. The molecule has 7 heteroatoms. The molecule has 0 aromatic rings. The van der Waals surface area contributed by atoms with Gasteiger partial charge >= 0.3 is 5.96 Å². The average Bonchev–Trinajstić information content (AvgIpc) is 2.20. The summed E-state index contributed by atoms with van der Waals surface area (Å²) in [5, 5.41) is 4.97. The Hall–Kier alpha value is -1.01. The molecule has 108 valence electrons. The van der Waals surface area contributed by atoms with Crippen LogP contribution in [0, 0.1) is 0 Å². The number of hydrogen-bond donors (Lipinski definition) is 2. The van der Waals surface area contributed by atoms with Crippen LogP contribution in [0.25, 0.3) is 0 Å². The molecule has 0 bridgehead atoms. The molecule has 0 aromatic heterocycles. The van der Waals surface area contributed by atoms with Crippen molar-refractivity contribution in [2.45, 2.75) is 52.6 Å². The molecule has 18 heavy (non-hydrogen) atoms. The van der Waals surface area contributed by atoms with Gasteiger partial charge in [0, 0.05) is 0 Å². The predicted octanol–water partition coefficient (Wildman–Crippen LogP) is 1.88. The molecular formula is C11H22F4N3+. The summed E-state index contributed by atoms with van der Waals surface area (Å²) in [6, 6.07) is 0.0192. The first-order chi connectivity index (χ1) is 8.25. The average molecular weight is 272 g/mol. The maximum atomic E-state index is 12.2. The van der Waals surface area contributed by atoms with Crippen LogP contribution in [0.1, 0.15) is 27.7 Å². The normalized spacial score (nSPS) is 11.6. The molecule has 0 unspecified atom stereocenters. The zero-order chi connectivity index (χ0) is 14.3. The first-order valence-corrected chi connectivity index (χ1v) is 5.95. The molecule has 0 rings (SSSR count). The fraction of sp³-hybridized carbons (Fsp3) is 0.909. The lowest BCUT2D eigenvalue weighted by Crippen LogP contribution is -2.51. The Kier molecular flexibility index (Phi) is 7.70. The summed E-state index contributed by atoms with van der Waals surface area (Å²) in [5.74, 6) is 0.223. The van der Waals surface area contributed by atoms with Crippen LogP contribution in [0.4, 0.5) is 17.6 Å². The van der Waals surface area contributed by atoms with Gasteiger partial charge < -0.3 is 0 Å². The maximum absolute atomic E-state index is 12.2. The highest BCUT2D eigenvalue weighted by molar-refractivity contribution is 5.74. The topological polar surface area (TPSA) is 27.1 Å². The molecule has 0 fully saturated rings. The molecule has 2 N–H and O–H groups in total. The van der Waals surface area contributed by atoms with Gasteiger partial charge in [0.25, 0.3) is 12.9 Å². The summed E-state index contributed by atoms with van der Waals surface area (Å²) in [6.45, 7) is 6.34. The number of alkyl halides is 4. The zero-order valence-corrected chi connectivity index (χ0v) is 11.2. The highest BCUT2D eigenvalue weighted by atomic mass is 19.3. The van der Waals surface area contributed by atoms with Crippen molar-refractivity contribution in [3.8, 4) is 0 Å². The second kappa shape index (κ2) is 8.16. The van der Waals surface area contributed by atoms with Gasteiger partial charge in [-0.25, -0.2) is 17.6 Å². The van der Waals surface area contributed by atoms with Gasteiger partial charge in [-0.1, -0.05) is 0 Å². The quantitative estimate of drug-likeness (QED) is 0.334. The van der Waals surface area contributed by atoms with Gasteiger partial charge in [0.15, 0.2) is 0 Å². The van der Waals surface area contributed by atoms with Crippen molar-refractivity contribution in [3.05, 3.63) is 0 Å². The SMILES string of the molecule is CC(C)[N+](=C(NCC(F)F)NCC(F)F)C(C)C. The van der Waals surface area contributed by atoms with Crippen LogP contribution in [0.15, 0.2) is 0 Å². The van der Waals surface area contributed by atoms with Crippen molar-refractivity contribution in [1.82, 2.24) is 10.6 Å². The summed E-state index contributed by atoms with van der Waals surface area (Å²) in [4.78, 5) is 0. The van der Waals surface area contributed by atoms with Crippen LogP contribution in [-0.4, -0.2) is 48.6 Å². The Labute approximate surface area is 105 Å². The van der Waals surface area contributed by atoms with E-state index in [0.29, 0.717) is 0 Å². The maximum Gasteiger partial charge on any atom is 0.346 e. The zero-order valence-electron chi connectivity index (χ0n) is 11.2. The first kappa shape index (κ1) is 17.0. The number of rotatable bonds is 6. The summed E-state index contributed by atoms with van der Waals surface area (Å²) < 4.78 is 50.5. The highest BCUT2D eigenvalue weighted by Gasteiger charge is 2.21. The van der Waals surface area contributed by atoms with Gasteiger partial charge in [-0.15, -0.1) is 0 Å². The number of hydrogen-bond acceptors (Lipinski definition) is 0. The molecule has 0 amide bonds. The molecule has 0 radical (unpaired) electrons. The number of guanidine groups is 1. The lowest BCUT2D eigenvalue weighted by molar-refractivity contribution is -0.591. The van der Waals surface area contributed by atoms with Crippen LogP contribution in [0.5, 0.6) is 0 Å². The van der Waals surface area contributed by atoms with E-state index in [1.54, 1.807) is 4.58 Å². The molecule has 0 spiro atoms. The lowest BCUT2D eigenvalue weighted by atomic mass is 10.3. The van der Waals surface area contributed by atoms with Gasteiger partial charge in [-0.05, 0) is 27.7 Å². The fourth-order valence-corrected chi connectivity index (χ4v) is 1.71. The third kappa shape index (κ3) is 6.66. The van der Waals surface area contributed by atoms with Gasteiger partial charge in [0.05, 0.1) is 12.1 Å². The van der Waals surface area contributed by atoms with Crippen LogP contribution >= 0.6 is 0 Å². The van der Waals surface area contributed by atoms with Crippen molar-refractivity contribution in [2.75, 3.05) is 13.1 Å². The number of nitrogens with zero attached hydrogens (tertiary/aromatic N) is 1. The fourth-order valence-electron chi connectivity index (χ4n) is 1.71. The second-order valence-corrected chi connectivity index (χ2v) is 4.49. The van der Waals surface area contributed by atoms with Gasteiger partial charge in [0.1, 0.15) is 13.1 Å². The van der Waals surface area contributed by atoms with Crippen molar-refractivity contribution in [1.29, 1.82) is 0 Å². The molecule has 0 aromatic carbocycles. The molecule has 0 aliphatic rings. The third-order valence-corrected chi connectivity index (χ3v) is 2.22. The van der Waals surface area contributed by atoms with E-state index in [4.69, 9.17) is 0 Å². The van der Waals surface area contributed by atoms with E-state index >= 15 is 0 Å². The van der Waals surface area contributed by atoms with Crippen LogP contribution in [0.3, 0.4) is 0 Å². The third-order valence-electron chi connectivity index (χ3n) is 2.22. The minimum Gasteiger partial charge on any atom is -0.272 e. The van der Waals surface area contributed by atoms with Crippen molar-refractivity contribution in [3.63, 3.8) is 0 Å². The molecule has 0 atom stereocenters. The number of halogens is 4. The van der Waals surface area contributed by atoms with E-state index in [9.17, 15) is 17.6 Å². The molecular weight excluding hydrogens is 250 g/mol. The van der Waals surface area contributed by atoms with Crippen molar-refractivity contribution in [2.24, 2.45) is 0 Å². The molecule has 3 nitrogen and oxygen atoms in total. The van der Waals surface area contributed by atoms with Crippen LogP contribution in [-0.2, 0) is 0 Å². The summed E-state index contributed by atoms with van der Waals surface area (Å²) in [7, 11) is 0. The minimum absolute atomic E-state index is 0.00958. The molecule has 0 heterocycles. The smallest absolute Gasteiger partial charge is 0.272 e. The molecule has 0 aliphatic carbocycles. The molecule has 0 saturated carbocycles. The Balaban J connectivity index is 4.93. The van der Waals surface area contributed by atoms with E-state index in [-0.39, 0.29) is 18.0 Å². The monoisotopic (exact) mass is 272 g/mol. The van der Waals surface area contributed by atoms with E-state index in [1.165, 1.54) is 0 Å². The summed E-state index contributed by atoms with van der Waals surface area (Å²) in [6.07, 6.45) is -5.07. The van der Waals surface area contributed by atoms with Crippen molar-refractivity contribution >= 4 is 5.96 Å². The Bertz CT molecular complexity index is 241. The predicted molar refractivity (Wildman–Crippen MR) is 63.6 cm³/mol. The summed E-state index contributed by atoms with van der Waals surface area (Å²) >= 11 is 0. The Morgan fingerprint density at radius 2 is 1.17 bits per heavy atom. The van der Waals surface area contributed by atoms with Gasteiger partial charge in [-0.3, -0.25) is 15.2 Å². The number of nitrogens with one attached hydrogen (secondary N) is 2. The van der Waals surface area contributed by atoms with Crippen LogP contribution in [0.2, 0.25) is 0 Å². The molecule has 0 saturated heterocycles. The van der Waals surface area contributed by atoms with E-state index < -0.39 is 25.9 Å². The summed E-state index contributed by atoms with van der Waals surface area (Å²) in [5.41, 5.74) is 0.